The first-order chi connectivity index (χ1) is 12.5. The first kappa shape index (κ1) is 18.6. The maximum Gasteiger partial charge on any atom is 0.272 e. The van der Waals surface area contributed by atoms with Gasteiger partial charge in [-0.3, -0.25) is 9.69 Å². The van der Waals surface area contributed by atoms with Crippen molar-refractivity contribution in [3.05, 3.63) is 65.5 Å². The standard InChI is InChI=1S/C22H29N3O/c1-16(2)24(4)20-13-14-25(21(20)15-18-10-6-5-7-11-18)22(26)19-12-8-9-17(3)23-19/h5-12,16,20-21H,13-15H2,1-4H3/t20-,21+/m1/s1. The number of carbonyl (C=O) groups excluding carboxylic acids is 1. The minimum atomic E-state index is 0.0503. The topological polar surface area (TPSA) is 36.4 Å². The number of nitrogens with zero attached hydrogens (tertiary/aromatic N) is 3. The molecule has 1 aliphatic heterocycles. The summed E-state index contributed by atoms with van der Waals surface area (Å²) in [6, 6.07) is 17.1. The number of aryl methyl sites for hydroxylation is 1. The highest BCUT2D eigenvalue weighted by atomic mass is 16.2. The van der Waals surface area contributed by atoms with E-state index in [9.17, 15) is 4.79 Å². The lowest BCUT2D eigenvalue weighted by Gasteiger charge is -2.35. The van der Waals surface area contributed by atoms with Gasteiger partial charge in [0.1, 0.15) is 5.69 Å². The Kier molecular flexibility index (Phi) is 5.72. The Labute approximate surface area is 156 Å². The van der Waals surface area contributed by atoms with Gasteiger partial charge in [0, 0.05) is 24.3 Å². The van der Waals surface area contributed by atoms with Crippen molar-refractivity contribution in [1.29, 1.82) is 0 Å². The van der Waals surface area contributed by atoms with Crippen LogP contribution in [-0.4, -0.2) is 52.4 Å². The molecule has 26 heavy (non-hydrogen) atoms. The second kappa shape index (κ2) is 8.00. The fraction of sp³-hybridized carbons (Fsp3) is 0.455. The smallest absolute Gasteiger partial charge is 0.272 e. The van der Waals surface area contributed by atoms with Crippen molar-refractivity contribution in [1.82, 2.24) is 14.8 Å². The molecular formula is C22H29N3O. The van der Waals surface area contributed by atoms with Crippen molar-refractivity contribution < 1.29 is 4.79 Å². The number of amides is 1. The number of hydrogen-bond donors (Lipinski definition) is 0. The minimum absolute atomic E-state index is 0.0503. The van der Waals surface area contributed by atoms with Gasteiger partial charge in [0.05, 0.1) is 6.04 Å². The molecule has 1 aromatic carbocycles. The van der Waals surface area contributed by atoms with E-state index in [2.05, 4.69) is 55.0 Å². The van der Waals surface area contributed by atoms with E-state index < -0.39 is 0 Å². The highest BCUT2D eigenvalue weighted by molar-refractivity contribution is 5.92. The number of likely N-dealkylation sites (tertiary alicyclic amines) is 1. The van der Waals surface area contributed by atoms with Crippen molar-refractivity contribution in [2.75, 3.05) is 13.6 Å². The number of hydrogen-bond acceptors (Lipinski definition) is 3. The molecule has 4 nitrogen and oxygen atoms in total. The molecule has 1 aliphatic rings. The first-order valence-corrected chi connectivity index (χ1v) is 9.48. The molecule has 2 atom stereocenters. The van der Waals surface area contributed by atoms with Crippen LogP contribution < -0.4 is 0 Å². The second-order valence-electron chi connectivity index (χ2n) is 7.54. The fourth-order valence-electron chi connectivity index (χ4n) is 3.86. The summed E-state index contributed by atoms with van der Waals surface area (Å²) in [5.74, 6) is 0.0503. The summed E-state index contributed by atoms with van der Waals surface area (Å²) in [4.78, 5) is 22.1. The average molecular weight is 351 g/mol. The molecule has 3 rings (SSSR count). The molecular weight excluding hydrogens is 322 g/mol. The lowest BCUT2D eigenvalue weighted by molar-refractivity contribution is 0.0674. The zero-order valence-corrected chi connectivity index (χ0v) is 16.2. The molecule has 0 unspecified atom stereocenters. The van der Waals surface area contributed by atoms with Crippen molar-refractivity contribution >= 4 is 5.91 Å². The molecule has 0 bridgehead atoms. The van der Waals surface area contributed by atoms with E-state index in [4.69, 9.17) is 0 Å². The van der Waals surface area contributed by atoms with E-state index in [0.717, 1.165) is 25.1 Å². The predicted octanol–water partition coefficient (Wildman–Crippen LogP) is 3.56. The number of carbonyl (C=O) groups is 1. The monoisotopic (exact) mass is 351 g/mol. The van der Waals surface area contributed by atoms with Crippen molar-refractivity contribution in [3.63, 3.8) is 0 Å². The first-order valence-electron chi connectivity index (χ1n) is 9.48. The SMILES string of the molecule is Cc1cccc(C(=O)N2CC[C@@H](N(C)C(C)C)[C@@H]2Cc2ccccc2)n1. The third-order valence-electron chi connectivity index (χ3n) is 5.50. The summed E-state index contributed by atoms with van der Waals surface area (Å²) in [6.07, 6.45) is 1.88. The molecule has 1 saturated heterocycles. The summed E-state index contributed by atoms with van der Waals surface area (Å²) < 4.78 is 0. The molecule has 138 valence electrons. The number of aromatic nitrogens is 1. The number of benzene rings is 1. The number of rotatable bonds is 5. The lowest BCUT2D eigenvalue weighted by Crippen LogP contribution is -2.48. The third-order valence-corrected chi connectivity index (χ3v) is 5.50. The molecule has 0 N–H and O–H groups in total. The van der Waals surface area contributed by atoms with Crippen LogP contribution in [0.15, 0.2) is 48.5 Å². The van der Waals surface area contributed by atoms with E-state index in [-0.39, 0.29) is 11.9 Å². The quantitative estimate of drug-likeness (QED) is 0.826. The highest BCUT2D eigenvalue weighted by Gasteiger charge is 2.40. The van der Waals surface area contributed by atoms with Crippen molar-refractivity contribution in [3.8, 4) is 0 Å². The van der Waals surface area contributed by atoms with Crippen LogP contribution in [-0.2, 0) is 6.42 Å². The zero-order chi connectivity index (χ0) is 18.7. The molecule has 1 amide bonds. The average Bonchev–Trinajstić information content (AvgIpc) is 3.04. The number of likely N-dealkylation sites (N-methyl/N-ethyl adjacent to an activating group) is 1. The van der Waals surface area contributed by atoms with Crippen LogP contribution in [0.25, 0.3) is 0 Å². The molecule has 1 fully saturated rings. The molecule has 4 heteroatoms. The van der Waals surface area contributed by atoms with E-state index in [1.54, 1.807) is 0 Å². The lowest BCUT2D eigenvalue weighted by atomic mass is 9.98. The summed E-state index contributed by atoms with van der Waals surface area (Å²) in [5, 5.41) is 0. The summed E-state index contributed by atoms with van der Waals surface area (Å²) in [7, 11) is 2.17. The van der Waals surface area contributed by atoms with Crippen LogP contribution in [0.2, 0.25) is 0 Å². The maximum atomic E-state index is 13.2. The zero-order valence-electron chi connectivity index (χ0n) is 16.2. The van der Waals surface area contributed by atoms with E-state index in [1.165, 1.54) is 5.56 Å². The Hall–Kier alpha value is -2.20. The minimum Gasteiger partial charge on any atom is -0.332 e. The molecule has 2 aromatic rings. The van der Waals surface area contributed by atoms with Gasteiger partial charge in [0.15, 0.2) is 0 Å². The molecule has 0 radical (unpaired) electrons. The Balaban J connectivity index is 1.88. The number of pyridine rings is 1. The van der Waals surface area contributed by atoms with Crippen LogP contribution in [0, 0.1) is 6.92 Å². The van der Waals surface area contributed by atoms with Crippen LogP contribution in [0.4, 0.5) is 0 Å². The van der Waals surface area contributed by atoms with Gasteiger partial charge < -0.3 is 4.90 Å². The molecule has 2 heterocycles. The van der Waals surface area contributed by atoms with Gasteiger partial charge in [-0.15, -0.1) is 0 Å². The van der Waals surface area contributed by atoms with Crippen molar-refractivity contribution in [2.24, 2.45) is 0 Å². The summed E-state index contributed by atoms with van der Waals surface area (Å²) in [5.41, 5.74) is 2.71. The Morgan fingerprint density at radius 1 is 1.19 bits per heavy atom. The van der Waals surface area contributed by atoms with Gasteiger partial charge in [0.2, 0.25) is 0 Å². The van der Waals surface area contributed by atoms with Gasteiger partial charge in [0.25, 0.3) is 5.91 Å². The molecule has 1 aromatic heterocycles. The van der Waals surface area contributed by atoms with E-state index >= 15 is 0 Å². The van der Waals surface area contributed by atoms with E-state index in [0.29, 0.717) is 17.8 Å². The van der Waals surface area contributed by atoms with Gasteiger partial charge in [-0.2, -0.15) is 0 Å². The van der Waals surface area contributed by atoms with Crippen molar-refractivity contribution in [2.45, 2.75) is 51.7 Å². The summed E-state index contributed by atoms with van der Waals surface area (Å²) in [6.45, 7) is 7.14. The van der Waals surface area contributed by atoms with E-state index in [1.807, 2.05) is 36.1 Å². The largest absolute Gasteiger partial charge is 0.332 e. The summed E-state index contributed by atoms with van der Waals surface area (Å²) >= 11 is 0. The maximum absolute atomic E-state index is 13.2. The Morgan fingerprint density at radius 3 is 2.58 bits per heavy atom. The predicted molar refractivity (Wildman–Crippen MR) is 105 cm³/mol. The second-order valence-corrected chi connectivity index (χ2v) is 7.54. The van der Waals surface area contributed by atoms with Gasteiger partial charge in [-0.1, -0.05) is 36.4 Å². The van der Waals surface area contributed by atoms with Crippen LogP contribution in [0.1, 0.15) is 42.0 Å². The third kappa shape index (κ3) is 3.96. The van der Waals surface area contributed by atoms with Crippen LogP contribution in [0.3, 0.4) is 0 Å². The van der Waals surface area contributed by atoms with Crippen LogP contribution >= 0.6 is 0 Å². The van der Waals surface area contributed by atoms with Gasteiger partial charge in [-0.05, 0) is 58.4 Å². The molecule has 0 aliphatic carbocycles. The van der Waals surface area contributed by atoms with Gasteiger partial charge >= 0.3 is 0 Å². The van der Waals surface area contributed by atoms with Crippen LogP contribution in [0.5, 0.6) is 0 Å². The highest BCUT2D eigenvalue weighted by Crippen LogP contribution is 2.28. The molecule has 0 saturated carbocycles. The fourth-order valence-corrected chi connectivity index (χ4v) is 3.86. The normalized spacial score (nSPS) is 20.2. The Morgan fingerprint density at radius 2 is 1.92 bits per heavy atom. The molecule has 0 spiro atoms. The Bertz CT molecular complexity index is 744. The van der Waals surface area contributed by atoms with Gasteiger partial charge in [-0.25, -0.2) is 4.98 Å².